The Bertz CT molecular complexity index is 909. The number of amides is 1. The van der Waals surface area contributed by atoms with Gasteiger partial charge in [-0.2, -0.15) is 0 Å². The van der Waals surface area contributed by atoms with E-state index in [0.29, 0.717) is 34.0 Å². The van der Waals surface area contributed by atoms with Crippen LogP contribution >= 0.6 is 24.0 Å². The highest BCUT2D eigenvalue weighted by Gasteiger charge is 2.11. The number of H-pyrrole nitrogens is 1. The number of hydrogen-bond donors (Lipinski definition) is 2. The number of nitro benzene ring substituents is 1. The zero-order chi connectivity index (χ0) is 17.1. The first-order valence-corrected chi connectivity index (χ1v) is 7.57. The van der Waals surface area contributed by atoms with E-state index < -0.39 is 4.92 Å². The molecular weight excluding hydrogens is 367 g/mol. The largest absolute Gasteiger partial charge is 0.342 e. The maximum absolute atomic E-state index is 12.0. The zero-order valence-electron chi connectivity index (χ0n) is 12.9. The number of hydrogen-bond acceptors (Lipinski definition) is 4. The lowest BCUT2D eigenvalue weighted by Gasteiger charge is -2.04. The van der Waals surface area contributed by atoms with Gasteiger partial charge in [-0.1, -0.05) is 11.6 Å². The monoisotopic (exact) mass is 380 g/mol. The molecule has 0 saturated heterocycles. The molecular formula is C16H14Cl2N4O3. The van der Waals surface area contributed by atoms with Crippen molar-refractivity contribution in [1.82, 2.24) is 9.97 Å². The first-order chi connectivity index (χ1) is 11.5. The molecule has 1 amide bonds. The number of aromatic nitrogens is 2. The minimum atomic E-state index is -0.459. The predicted molar refractivity (Wildman–Crippen MR) is 98.4 cm³/mol. The fraction of sp³-hybridized carbons (Fsp3) is 0.125. The van der Waals surface area contributed by atoms with Crippen molar-refractivity contribution in [2.75, 3.05) is 5.32 Å². The number of nitrogens with zero attached hydrogens (tertiary/aromatic N) is 2. The van der Waals surface area contributed by atoms with E-state index in [9.17, 15) is 14.9 Å². The first-order valence-electron chi connectivity index (χ1n) is 7.20. The summed E-state index contributed by atoms with van der Waals surface area (Å²) in [7, 11) is 0. The number of aryl methyl sites for hydroxylation is 1. The number of halogens is 2. The zero-order valence-corrected chi connectivity index (χ0v) is 14.4. The molecule has 7 nitrogen and oxygen atoms in total. The minimum Gasteiger partial charge on any atom is -0.342 e. The van der Waals surface area contributed by atoms with Crippen LogP contribution in [0.2, 0.25) is 5.02 Å². The fourth-order valence-corrected chi connectivity index (χ4v) is 2.40. The van der Waals surface area contributed by atoms with Crippen LogP contribution in [0, 0.1) is 10.1 Å². The summed E-state index contributed by atoms with van der Waals surface area (Å²) in [6.07, 6.45) is 0.645. The van der Waals surface area contributed by atoms with E-state index in [1.807, 2.05) is 0 Å². The van der Waals surface area contributed by atoms with Crippen LogP contribution in [0.1, 0.15) is 12.2 Å². The van der Waals surface area contributed by atoms with Crippen LogP contribution in [0.25, 0.3) is 11.0 Å². The topological polar surface area (TPSA) is 101 Å². The molecule has 0 aliphatic carbocycles. The predicted octanol–water partition coefficient (Wildman–Crippen LogP) is 4.12. The Balaban J connectivity index is 0.00000225. The fourth-order valence-electron chi connectivity index (χ4n) is 2.27. The van der Waals surface area contributed by atoms with E-state index in [0.717, 1.165) is 0 Å². The van der Waals surface area contributed by atoms with E-state index in [4.69, 9.17) is 11.6 Å². The van der Waals surface area contributed by atoms with Crippen LogP contribution in [0.4, 0.5) is 11.4 Å². The highest BCUT2D eigenvalue weighted by Crippen LogP contribution is 2.19. The molecule has 0 unspecified atom stereocenters. The Kier molecular flexibility index (Phi) is 5.95. The van der Waals surface area contributed by atoms with E-state index in [2.05, 4.69) is 15.3 Å². The summed E-state index contributed by atoms with van der Waals surface area (Å²) >= 11 is 5.79. The van der Waals surface area contributed by atoms with E-state index in [1.54, 1.807) is 30.3 Å². The number of carbonyl (C=O) groups excluding carboxylic acids is 1. The average molecular weight is 381 g/mol. The molecule has 9 heteroatoms. The van der Waals surface area contributed by atoms with Crippen molar-refractivity contribution >= 4 is 52.3 Å². The molecule has 0 radical (unpaired) electrons. The molecule has 2 N–H and O–H groups in total. The molecule has 1 heterocycles. The third kappa shape index (κ3) is 4.68. The normalized spacial score (nSPS) is 10.3. The summed E-state index contributed by atoms with van der Waals surface area (Å²) in [6, 6.07) is 11.3. The maximum atomic E-state index is 12.0. The Morgan fingerprint density at radius 1 is 1.24 bits per heavy atom. The number of aromatic amines is 1. The Morgan fingerprint density at radius 3 is 2.64 bits per heavy atom. The summed E-state index contributed by atoms with van der Waals surface area (Å²) in [6.45, 7) is 0. The molecule has 0 bridgehead atoms. The summed E-state index contributed by atoms with van der Waals surface area (Å²) in [5, 5.41) is 14.1. The molecule has 0 atom stereocenters. The number of fused-ring (bicyclic) bond motifs is 1. The lowest BCUT2D eigenvalue weighted by Crippen LogP contribution is -2.12. The lowest BCUT2D eigenvalue weighted by atomic mass is 10.2. The van der Waals surface area contributed by atoms with Gasteiger partial charge in [0.25, 0.3) is 5.69 Å². The van der Waals surface area contributed by atoms with Crippen LogP contribution in [0.5, 0.6) is 0 Å². The minimum absolute atomic E-state index is 0. The van der Waals surface area contributed by atoms with Gasteiger partial charge >= 0.3 is 0 Å². The van der Waals surface area contributed by atoms with E-state index in [-0.39, 0.29) is 30.4 Å². The number of imidazole rings is 1. The Hall–Kier alpha value is -2.64. The summed E-state index contributed by atoms with van der Waals surface area (Å²) in [5.41, 5.74) is 1.88. The standard InChI is InChI=1S/C16H13ClN4O3.ClH/c17-10-1-3-11(4-2-10)18-16(22)8-7-15-19-13-6-5-12(21(23)24)9-14(13)20-15;/h1-6,9H,7-8H2,(H,18,22)(H,19,20);1H. The van der Waals surface area contributed by atoms with Crippen molar-refractivity contribution < 1.29 is 9.72 Å². The highest BCUT2D eigenvalue weighted by molar-refractivity contribution is 6.30. The molecule has 0 saturated carbocycles. The summed E-state index contributed by atoms with van der Waals surface area (Å²) in [4.78, 5) is 29.6. The molecule has 1 aromatic heterocycles. The van der Waals surface area contributed by atoms with Crippen molar-refractivity contribution in [3.63, 3.8) is 0 Å². The van der Waals surface area contributed by atoms with Crippen LogP contribution in [-0.2, 0) is 11.2 Å². The van der Waals surface area contributed by atoms with Gasteiger partial charge in [0.2, 0.25) is 5.91 Å². The Morgan fingerprint density at radius 2 is 1.96 bits per heavy atom. The molecule has 3 rings (SSSR count). The quantitative estimate of drug-likeness (QED) is 0.513. The molecule has 0 aliphatic rings. The van der Waals surface area contributed by atoms with Crippen molar-refractivity contribution in [1.29, 1.82) is 0 Å². The van der Waals surface area contributed by atoms with Crippen molar-refractivity contribution in [2.24, 2.45) is 0 Å². The lowest BCUT2D eigenvalue weighted by molar-refractivity contribution is -0.384. The number of rotatable bonds is 5. The van der Waals surface area contributed by atoms with Gasteiger partial charge in [-0.15, -0.1) is 12.4 Å². The van der Waals surface area contributed by atoms with Gasteiger partial charge in [-0.3, -0.25) is 14.9 Å². The second kappa shape index (κ2) is 7.96. The second-order valence-corrected chi connectivity index (χ2v) is 5.63. The van der Waals surface area contributed by atoms with Crippen molar-refractivity contribution in [3.05, 3.63) is 63.4 Å². The molecule has 0 fully saturated rings. The van der Waals surface area contributed by atoms with Gasteiger partial charge in [0.05, 0.1) is 16.0 Å². The van der Waals surface area contributed by atoms with Crippen LogP contribution in [0.15, 0.2) is 42.5 Å². The number of nitro groups is 1. The van der Waals surface area contributed by atoms with Gasteiger partial charge in [0.15, 0.2) is 0 Å². The van der Waals surface area contributed by atoms with Gasteiger partial charge in [0, 0.05) is 35.7 Å². The first kappa shape index (κ1) is 18.7. The van der Waals surface area contributed by atoms with Crippen LogP contribution in [0.3, 0.4) is 0 Å². The number of anilines is 1. The second-order valence-electron chi connectivity index (χ2n) is 5.20. The molecule has 130 valence electrons. The highest BCUT2D eigenvalue weighted by atomic mass is 35.5. The van der Waals surface area contributed by atoms with E-state index in [1.165, 1.54) is 12.1 Å². The van der Waals surface area contributed by atoms with Gasteiger partial charge in [0.1, 0.15) is 5.82 Å². The molecule has 0 aliphatic heterocycles. The van der Waals surface area contributed by atoms with Crippen LogP contribution < -0.4 is 5.32 Å². The molecule has 3 aromatic rings. The van der Waals surface area contributed by atoms with Crippen molar-refractivity contribution in [2.45, 2.75) is 12.8 Å². The number of non-ortho nitro benzene ring substituents is 1. The third-order valence-corrected chi connectivity index (χ3v) is 3.69. The number of carbonyl (C=O) groups is 1. The van der Waals surface area contributed by atoms with E-state index >= 15 is 0 Å². The van der Waals surface area contributed by atoms with Gasteiger partial charge in [-0.05, 0) is 30.3 Å². The third-order valence-electron chi connectivity index (χ3n) is 3.44. The molecule has 2 aromatic carbocycles. The maximum Gasteiger partial charge on any atom is 0.271 e. The van der Waals surface area contributed by atoms with Gasteiger partial charge < -0.3 is 10.3 Å². The average Bonchev–Trinajstić information content (AvgIpc) is 2.97. The molecule has 25 heavy (non-hydrogen) atoms. The van der Waals surface area contributed by atoms with Crippen LogP contribution in [-0.4, -0.2) is 20.8 Å². The number of benzene rings is 2. The van der Waals surface area contributed by atoms with Gasteiger partial charge in [-0.25, -0.2) is 4.98 Å². The van der Waals surface area contributed by atoms with Crippen molar-refractivity contribution in [3.8, 4) is 0 Å². The smallest absolute Gasteiger partial charge is 0.271 e. The molecule has 0 spiro atoms. The SMILES string of the molecule is Cl.O=C(CCc1nc2ccc([N+](=O)[O-])cc2[nH]1)Nc1ccc(Cl)cc1. The summed E-state index contributed by atoms with van der Waals surface area (Å²) in [5.74, 6) is 0.459. The Labute approximate surface area is 154 Å². The summed E-state index contributed by atoms with van der Waals surface area (Å²) < 4.78 is 0. The number of nitrogens with one attached hydrogen (secondary N) is 2.